The van der Waals surface area contributed by atoms with E-state index in [1.807, 2.05) is 37.3 Å². The number of anilines is 2. The lowest BCUT2D eigenvalue weighted by Crippen LogP contribution is -2.05. The van der Waals surface area contributed by atoms with Gasteiger partial charge in [-0.3, -0.25) is 0 Å². The van der Waals surface area contributed by atoms with Crippen LogP contribution in [0.3, 0.4) is 0 Å². The Morgan fingerprint density at radius 2 is 1.78 bits per heavy atom. The highest BCUT2D eigenvalue weighted by Gasteiger charge is 2.15. The van der Waals surface area contributed by atoms with E-state index >= 15 is 0 Å². The second-order valence-corrected chi connectivity index (χ2v) is 5.94. The molecule has 0 aliphatic rings. The minimum Gasteiger partial charge on any atom is -0.493 e. The van der Waals surface area contributed by atoms with Crippen molar-refractivity contribution in [3.63, 3.8) is 0 Å². The van der Waals surface area contributed by atoms with Crippen LogP contribution in [0.2, 0.25) is 0 Å². The Hall–Kier alpha value is -3.79. The van der Waals surface area contributed by atoms with E-state index in [0.29, 0.717) is 29.4 Å². The fourth-order valence-corrected chi connectivity index (χ4v) is 2.59. The fourth-order valence-electron chi connectivity index (χ4n) is 2.59. The first-order valence-electron chi connectivity index (χ1n) is 8.21. The van der Waals surface area contributed by atoms with Gasteiger partial charge < -0.3 is 20.9 Å². The number of nitrogens with zero attached hydrogens (tertiary/aromatic N) is 3. The number of benzene rings is 2. The molecule has 0 spiro atoms. The predicted molar refractivity (Wildman–Crippen MR) is 103 cm³/mol. The van der Waals surface area contributed by atoms with Gasteiger partial charge in [-0.05, 0) is 30.7 Å². The highest BCUT2D eigenvalue weighted by Crippen LogP contribution is 2.34. The summed E-state index contributed by atoms with van der Waals surface area (Å²) in [6.45, 7) is 2.45. The fraction of sp³-hybridized carbons (Fsp3) is 0.150. The van der Waals surface area contributed by atoms with Gasteiger partial charge in [0, 0.05) is 5.56 Å². The summed E-state index contributed by atoms with van der Waals surface area (Å²) in [5, 5.41) is 9.36. The molecule has 0 atom stereocenters. The highest BCUT2D eigenvalue weighted by molar-refractivity contribution is 5.74. The van der Waals surface area contributed by atoms with Crippen LogP contribution in [0.1, 0.15) is 16.7 Å². The third-order valence-electron chi connectivity index (χ3n) is 4.02. The topological polar surface area (TPSA) is 120 Å². The number of nitrogens with two attached hydrogens (primary N) is 2. The number of aromatic nitrogens is 2. The molecule has 0 aliphatic heterocycles. The van der Waals surface area contributed by atoms with Crippen LogP contribution >= 0.6 is 0 Å². The van der Waals surface area contributed by atoms with Gasteiger partial charge in [-0.2, -0.15) is 10.2 Å². The minimum absolute atomic E-state index is 0.000152. The largest absolute Gasteiger partial charge is 0.493 e. The molecule has 0 saturated carbocycles. The molecule has 2 aromatic carbocycles. The normalized spacial score (nSPS) is 10.3. The average Bonchev–Trinajstić information content (AvgIpc) is 2.67. The maximum Gasteiger partial charge on any atom is 0.222 e. The standard InChI is InChI=1S/C20H19N5O2/c1-12-3-5-13(6-4-12)11-27-16-8-7-14(9-17(16)26-2)18-15(10-21)19(22)25-20(23)24-18/h3-9H,11H2,1-2H3,(H4,22,23,24,25). The molecule has 3 aromatic rings. The quantitative estimate of drug-likeness (QED) is 0.716. The molecule has 7 nitrogen and oxygen atoms in total. The lowest BCUT2D eigenvalue weighted by atomic mass is 10.1. The first kappa shape index (κ1) is 18.0. The summed E-state index contributed by atoms with van der Waals surface area (Å²) in [6, 6.07) is 15.4. The van der Waals surface area contributed by atoms with E-state index in [9.17, 15) is 5.26 Å². The van der Waals surface area contributed by atoms with Gasteiger partial charge in [0.25, 0.3) is 0 Å². The zero-order chi connectivity index (χ0) is 19.4. The molecule has 27 heavy (non-hydrogen) atoms. The van der Waals surface area contributed by atoms with Gasteiger partial charge in [0.15, 0.2) is 11.5 Å². The summed E-state index contributed by atoms with van der Waals surface area (Å²) in [6.07, 6.45) is 0. The Labute approximate surface area is 157 Å². The first-order valence-corrected chi connectivity index (χ1v) is 8.21. The molecule has 0 amide bonds. The summed E-state index contributed by atoms with van der Waals surface area (Å²) in [7, 11) is 1.55. The molecule has 4 N–H and O–H groups in total. The molecular formula is C20H19N5O2. The Balaban J connectivity index is 1.91. The number of nitriles is 1. The summed E-state index contributed by atoms with van der Waals surface area (Å²) in [5.74, 6) is 1.13. The molecule has 0 unspecified atom stereocenters. The van der Waals surface area contributed by atoms with E-state index in [1.54, 1.807) is 25.3 Å². The maximum atomic E-state index is 9.36. The smallest absolute Gasteiger partial charge is 0.222 e. The molecule has 0 saturated heterocycles. The van der Waals surface area contributed by atoms with E-state index in [1.165, 1.54) is 5.56 Å². The summed E-state index contributed by atoms with van der Waals surface area (Å²) in [4.78, 5) is 7.98. The molecule has 1 heterocycles. The Morgan fingerprint density at radius 1 is 1.04 bits per heavy atom. The minimum atomic E-state index is 0.000152. The average molecular weight is 361 g/mol. The summed E-state index contributed by atoms with van der Waals surface area (Å²) < 4.78 is 11.3. The van der Waals surface area contributed by atoms with Gasteiger partial charge in [-0.1, -0.05) is 29.8 Å². The number of hydrogen-bond donors (Lipinski definition) is 2. The lowest BCUT2D eigenvalue weighted by molar-refractivity contribution is 0.284. The third kappa shape index (κ3) is 3.90. The Bertz CT molecular complexity index is 1010. The molecule has 0 bridgehead atoms. The number of ether oxygens (including phenoxy) is 2. The monoisotopic (exact) mass is 361 g/mol. The van der Waals surface area contributed by atoms with Crippen LogP contribution in [0.15, 0.2) is 42.5 Å². The van der Waals surface area contributed by atoms with Gasteiger partial charge in [0.1, 0.15) is 24.1 Å². The van der Waals surface area contributed by atoms with Gasteiger partial charge in [-0.15, -0.1) is 0 Å². The molecule has 0 aliphatic carbocycles. The van der Waals surface area contributed by atoms with Crippen molar-refractivity contribution in [2.24, 2.45) is 0 Å². The van der Waals surface area contributed by atoms with Crippen molar-refractivity contribution in [3.8, 4) is 28.8 Å². The molecule has 7 heteroatoms. The molecule has 3 rings (SSSR count). The number of rotatable bonds is 5. The number of hydrogen-bond acceptors (Lipinski definition) is 7. The van der Waals surface area contributed by atoms with Crippen molar-refractivity contribution in [2.75, 3.05) is 18.6 Å². The van der Waals surface area contributed by atoms with E-state index in [-0.39, 0.29) is 17.3 Å². The van der Waals surface area contributed by atoms with Crippen LogP contribution in [0.25, 0.3) is 11.3 Å². The van der Waals surface area contributed by atoms with Crippen molar-refractivity contribution < 1.29 is 9.47 Å². The van der Waals surface area contributed by atoms with Crippen LogP contribution in [-0.2, 0) is 6.61 Å². The van der Waals surface area contributed by atoms with Crippen LogP contribution in [0.5, 0.6) is 11.5 Å². The van der Waals surface area contributed by atoms with E-state index < -0.39 is 0 Å². The van der Waals surface area contributed by atoms with Gasteiger partial charge in [0.2, 0.25) is 5.95 Å². The molecular weight excluding hydrogens is 342 g/mol. The second-order valence-electron chi connectivity index (χ2n) is 5.94. The van der Waals surface area contributed by atoms with Crippen LogP contribution in [0, 0.1) is 18.3 Å². The van der Waals surface area contributed by atoms with E-state index in [0.717, 1.165) is 5.56 Å². The predicted octanol–water partition coefficient (Wildman–Crippen LogP) is 3.08. The third-order valence-corrected chi connectivity index (χ3v) is 4.02. The van der Waals surface area contributed by atoms with Crippen molar-refractivity contribution in [1.29, 1.82) is 5.26 Å². The van der Waals surface area contributed by atoms with Crippen LogP contribution < -0.4 is 20.9 Å². The van der Waals surface area contributed by atoms with Crippen molar-refractivity contribution in [3.05, 3.63) is 59.2 Å². The van der Waals surface area contributed by atoms with Crippen molar-refractivity contribution >= 4 is 11.8 Å². The van der Waals surface area contributed by atoms with E-state index in [2.05, 4.69) is 9.97 Å². The SMILES string of the molecule is COc1cc(-c2nc(N)nc(N)c2C#N)ccc1OCc1ccc(C)cc1. The zero-order valence-electron chi connectivity index (χ0n) is 15.1. The molecule has 0 fully saturated rings. The summed E-state index contributed by atoms with van der Waals surface area (Å²) >= 11 is 0. The maximum absolute atomic E-state index is 9.36. The number of methoxy groups -OCH3 is 1. The summed E-state index contributed by atoms with van der Waals surface area (Å²) in [5.41, 5.74) is 14.9. The van der Waals surface area contributed by atoms with Crippen LogP contribution in [0.4, 0.5) is 11.8 Å². The first-order chi connectivity index (χ1) is 13.0. The number of aryl methyl sites for hydroxylation is 1. The molecule has 0 radical (unpaired) electrons. The van der Waals surface area contributed by atoms with E-state index in [4.69, 9.17) is 20.9 Å². The van der Waals surface area contributed by atoms with Crippen molar-refractivity contribution in [2.45, 2.75) is 13.5 Å². The Morgan fingerprint density at radius 3 is 2.44 bits per heavy atom. The van der Waals surface area contributed by atoms with Gasteiger partial charge in [0.05, 0.1) is 12.8 Å². The molecule has 136 valence electrons. The highest BCUT2D eigenvalue weighted by atomic mass is 16.5. The van der Waals surface area contributed by atoms with Crippen molar-refractivity contribution in [1.82, 2.24) is 9.97 Å². The second kappa shape index (κ2) is 7.62. The Kier molecular flexibility index (Phi) is 5.08. The molecule has 1 aromatic heterocycles. The number of nitrogen functional groups attached to an aromatic ring is 2. The van der Waals surface area contributed by atoms with Gasteiger partial charge in [-0.25, -0.2) is 4.98 Å². The zero-order valence-corrected chi connectivity index (χ0v) is 15.1. The van der Waals surface area contributed by atoms with Crippen LogP contribution in [-0.4, -0.2) is 17.1 Å². The van der Waals surface area contributed by atoms with Gasteiger partial charge >= 0.3 is 0 Å². The lowest BCUT2D eigenvalue weighted by Gasteiger charge is -2.13.